The third-order valence-corrected chi connectivity index (χ3v) is 5.65. The van der Waals surface area contributed by atoms with Crippen molar-refractivity contribution in [3.8, 4) is 11.1 Å². The molecule has 0 N–H and O–H groups in total. The Morgan fingerprint density at radius 3 is 2.44 bits per heavy atom. The number of benzene rings is 1. The van der Waals surface area contributed by atoms with E-state index >= 15 is 0 Å². The molecule has 1 aliphatic heterocycles. The molecule has 25 heavy (non-hydrogen) atoms. The molecule has 0 spiro atoms. The van der Waals surface area contributed by atoms with Crippen LogP contribution in [0, 0.1) is 5.92 Å². The Balaban J connectivity index is 1.93. The predicted octanol–water partition coefficient (Wildman–Crippen LogP) is 5.82. The number of alkyl halides is 2. The molecule has 0 bridgehead atoms. The number of halogens is 2. The second-order valence-electron chi connectivity index (χ2n) is 6.88. The first kappa shape index (κ1) is 18.2. The van der Waals surface area contributed by atoms with Crippen molar-refractivity contribution in [1.82, 2.24) is 4.98 Å². The number of aromatic nitrogens is 1. The van der Waals surface area contributed by atoms with Crippen molar-refractivity contribution in [3.63, 3.8) is 0 Å². The smallest absolute Gasteiger partial charge is 0.271 e. The third kappa shape index (κ3) is 4.14. The predicted molar refractivity (Wildman–Crippen MR) is 102 cm³/mol. The molecule has 0 unspecified atom stereocenters. The van der Waals surface area contributed by atoms with Gasteiger partial charge in [-0.15, -0.1) is 11.8 Å². The van der Waals surface area contributed by atoms with E-state index < -0.39 is 5.92 Å². The number of anilines is 1. The number of hydrogen-bond acceptors (Lipinski definition) is 3. The van der Waals surface area contributed by atoms with Crippen molar-refractivity contribution in [2.75, 3.05) is 24.2 Å². The number of nitrogens with zero attached hydrogens (tertiary/aromatic N) is 2. The number of piperidine rings is 1. The fraction of sp³-hybridized carbons (Fsp3) is 0.450. The first-order valence-corrected chi connectivity index (χ1v) is 9.88. The molecule has 2 heterocycles. The molecule has 1 saturated heterocycles. The van der Waals surface area contributed by atoms with Gasteiger partial charge in [0.05, 0.1) is 0 Å². The third-order valence-electron chi connectivity index (χ3n) is 4.86. The summed E-state index contributed by atoms with van der Waals surface area (Å²) in [5, 5.41) is 0. The number of hydrogen-bond donors (Lipinski definition) is 0. The Labute approximate surface area is 152 Å². The molecular formula is C20H24F2N2S. The molecule has 134 valence electrons. The van der Waals surface area contributed by atoms with Gasteiger partial charge in [0.25, 0.3) is 5.92 Å². The zero-order valence-corrected chi connectivity index (χ0v) is 15.7. The summed E-state index contributed by atoms with van der Waals surface area (Å²) in [6.07, 6.45) is 5.93. The second kappa shape index (κ2) is 7.32. The lowest BCUT2D eigenvalue weighted by molar-refractivity contribution is 0.0147. The van der Waals surface area contributed by atoms with Gasteiger partial charge in [-0.3, -0.25) is 0 Å². The Morgan fingerprint density at radius 1 is 1.12 bits per heavy atom. The molecule has 2 nitrogen and oxygen atoms in total. The van der Waals surface area contributed by atoms with E-state index in [1.54, 1.807) is 18.3 Å². The van der Waals surface area contributed by atoms with E-state index in [4.69, 9.17) is 0 Å². The molecule has 1 fully saturated rings. The molecule has 1 aromatic heterocycles. The minimum Gasteiger partial charge on any atom is -0.357 e. The van der Waals surface area contributed by atoms with Crippen LogP contribution < -0.4 is 4.90 Å². The molecule has 0 amide bonds. The second-order valence-corrected chi connectivity index (χ2v) is 7.72. The van der Waals surface area contributed by atoms with E-state index in [1.165, 1.54) is 24.6 Å². The van der Waals surface area contributed by atoms with Crippen molar-refractivity contribution in [2.45, 2.75) is 37.5 Å². The normalized spacial score (nSPS) is 16.3. The Morgan fingerprint density at radius 2 is 1.80 bits per heavy atom. The monoisotopic (exact) mass is 362 g/mol. The molecule has 0 atom stereocenters. The first-order chi connectivity index (χ1) is 11.9. The number of pyridine rings is 1. The summed E-state index contributed by atoms with van der Waals surface area (Å²) < 4.78 is 27.9. The molecule has 1 aromatic carbocycles. The van der Waals surface area contributed by atoms with Gasteiger partial charge in [-0.05, 0) is 60.4 Å². The lowest BCUT2D eigenvalue weighted by Gasteiger charge is -2.31. The average molecular weight is 362 g/mol. The largest absolute Gasteiger partial charge is 0.357 e. The summed E-state index contributed by atoms with van der Waals surface area (Å²) in [5.41, 5.74) is 1.83. The van der Waals surface area contributed by atoms with Gasteiger partial charge in [0.2, 0.25) is 0 Å². The maximum atomic E-state index is 14.0. The summed E-state index contributed by atoms with van der Waals surface area (Å²) in [5.74, 6) is -1.16. The summed E-state index contributed by atoms with van der Waals surface area (Å²) >= 11 is 1.35. The molecule has 3 rings (SSSR count). The quantitative estimate of drug-likeness (QED) is 0.638. The minimum absolute atomic E-state index is 0.0858. The van der Waals surface area contributed by atoms with Crippen LogP contribution in [0.1, 0.15) is 32.3 Å². The highest BCUT2D eigenvalue weighted by Crippen LogP contribution is 2.37. The van der Waals surface area contributed by atoms with Crippen LogP contribution in [0.5, 0.6) is 0 Å². The molecule has 2 aromatic rings. The van der Waals surface area contributed by atoms with Crippen LogP contribution in [-0.4, -0.2) is 24.3 Å². The molecular weight excluding hydrogens is 338 g/mol. The van der Waals surface area contributed by atoms with E-state index in [9.17, 15) is 8.78 Å². The Kier molecular flexibility index (Phi) is 5.32. The van der Waals surface area contributed by atoms with Crippen LogP contribution in [0.4, 0.5) is 14.6 Å². The highest BCUT2D eigenvalue weighted by molar-refractivity contribution is 7.98. The van der Waals surface area contributed by atoms with Crippen molar-refractivity contribution in [2.24, 2.45) is 5.92 Å². The SMILES string of the molecule is CSc1ccc(-c2ccnc(N3CCC(C)CC3)c2)cc1C(C)(F)F. The molecule has 1 aliphatic rings. The van der Waals surface area contributed by atoms with Crippen LogP contribution in [0.25, 0.3) is 11.1 Å². The highest BCUT2D eigenvalue weighted by Gasteiger charge is 2.28. The zero-order chi connectivity index (χ0) is 18.0. The van der Waals surface area contributed by atoms with Gasteiger partial charge >= 0.3 is 0 Å². The summed E-state index contributed by atoms with van der Waals surface area (Å²) in [7, 11) is 0. The van der Waals surface area contributed by atoms with E-state index in [0.717, 1.165) is 42.9 Å². The van der Waals surface area contributed by atoms with Crippen LogP contribution >= 0.6 is 11.8 Å². The van der Waals surface area contributed by atoms with Crippen LogP contribution in [0.3, 0.4) is 0 Å². The number of rotatable bonds is 4. The standard InChI is InChI=1S/C20H24F2N2S/c1-14-7-10-24(11-8-14)19-13-16(6-9-23-19)15-4-5-18(25-3)17(12-15)20(2,21)22/h4-6,9,12-14H,7-8,10-11H2,1-3H3. The first-order valence-electron chi connectivity index (χ1n) is 8.66. The van der Waals surface area contributed by atoms with Crippen LogP contribution in [0.15, 0.2) is 41.4 Å². The average Bonchev–Trinajstić information content (AvgIpc) is 2.61. The van der Waals surface area contributed by atoms with E-state index in [1.807, 2.05) is 24.5 Å². The van der Waals surface area contributed by atoms with Crippen LogP contribution in [-0.2, 0) is 5.92 Å². The summed E-state index contributed by atoms with van der Waals surface area (Å²) in [6, 6.07) is 9.22. The molecule has 0 aliphatic carbocycles. The van der Waals surface area contributed by atoms with Crippen molar-refractivity contribution in [3.05, 3.63) is 42.1 Å². The Hall–Kier alpha value is -1.62. The maximum absolute atomic E-state index is 14.0. The highest BCUT2D eigenvalue weighted by atomic mass is 32.2. The van der Waals surface area contributed by atoms with Crippen molar-refractivity contribution < 1.29 is 8.78 Å². The number of thioether (sulfide) groups is 1. The van der Waals surface area contributed by atoms with Crippen molar-refractivity contribution in [1.29, 1.82) is 0 Å². The molecule has 5 heteroatoms. The summed E-state index contributed by atoms with van der Waals surface area (Å²) in [4.78, 5) is 7.40. The lowest BCUT2D eigenvalue weighted by atomic mass is 9.98. The van der Waals surface area contributed by atoms with Gasteiger partial charge in [0.15, 0.2) is 0 Å². The van der Waals surface area contributed by atoms with Gasteiger partial charge < -0.3 is 4.90 Å². The van der Waals surface area contributed by atoms with Gasteiger partial charge in [-0.1, -0.05) is 13.0 Å². The van der Waals surface area contributed by atoms with Crippen molar-refractivity contribution >= 4 is 17.6 Å². The fourth-order valence-electron chi connectivity index (χ4n) is 3.24. The minimum atomic E-state index is -2.85. The molecule has 0 saturated carbocycles. The van der Waals surface area contributed by atoms with Crippen LogP contribution in [0.2, 0.25) is 0 Å². The lowest BCUT2D eigenvalue weighted by Crippen LogP contribution is -2.33. The van der Waals surface area contributed by atoms with Gasteiger partial charge in [0.1, 0.15) is 5.82 Å². The van der Waals surface area contributed by atoms with Gasteiger partial charge in [-0.2, -0.15) is 0 Å². The fourth-order valence-corrected chi connectivity index (χ4v) is 3.90. The van der Waals surface area contributed by atoms with E-state index in [0.29, 0.717) is 4.90 Å². The summed E-state index contributed by atoms with van der Waals surface area (Å²) in [6.45, 7) is 5.24. The molecule has 0 radical (unpaired) electrons. The van der Waals surface area contributed by atoms with E-state index in [2.05, 4.69) is 16.8 Å². The van der Waals surface area contributed by atoms with Gasteiger partial charge in [0, 0.05) is 36.7 Å². The van der Waals surface area contributed by atoms with Gasteiger partial charge in [-0.25, -0.2) is 13.8 Å². The topological polar surface area (TPSA) is 16.1 Å². The zero-order valence-electron chi connectivity index (χ0n) is 14.9. The van der Waals surface area contributed by atoms with E-state index in [-0.39, 0.29) is 5.56 Å². The Bertz CT molecular complexity index is 735. The maximum Gasteiger partial charge on any atom is 0.271 e.